The van der Waals surface area contributed by atoms with Gasteiger partial charge in [0.25, 0.3) is 5.91 Å². The number of carbonyl (C=O) groups is 3. The van der Waals surface area contributed by atoms with Crippen molar-refractivity contribution in [1.82, 2.24) is 10.2 Å². The fraction of sp³-hybridized carbons (Fsp3) is 0.609. The molecule has 30 heavy (non-hydrogen) atoms. The molecule has 0 unspecified atom stereocenters. The Morgan fingerprint density at radius 1 is 1.03 bits per heavy atom. The molecule has 1 N–H and O–H groups in total. The maximum atomic E-state index is 13.3. The first kappa shape index (κ1) is 20.7. The summed E-state index contributed by atoms with van der Waals surface area (Å²) >= 11 is 0. The molecule has 0 saturated carbocycles. The molecule has 0 bridgehead atoms. The molecule has 7 heteroatoms. The van der Waals surface area contributed by atoms with Crippen LogP contribution in [0.25, 0.3) is 0 Å². The van der Waals surface area contributed by atoms with E-state index in [9.17, 15) is 14.4 Å². The Kier molecular flexibility index (Phi) is 5.97. The highest BCUT2D eigenvalue weighted by molar-refractivity contribution is 6.09. The summed E-state index contributed by atoms with van der Waals surface area (Å²) in [5.41, 5.74) is 2.22. The Bertz CT molecular complexity index is 832. The van der Waals surface area contributed by atoms with Crippen molar-refractivity contribution < 1.29 is 14.4 Å². The molecule has 2 saturated heterocycles. The van der Waals surface area contributed by atoms with Crippen molar-refractivity contribution in [1.29, 1.82) is 0 Å². The topological polar surface area (TPSA) is 73.0 Å². The average molecular weight is 413 g/mol. The highest BCUT2D eigenvalue weighted by Crippen LogP contribution is 2.40. The van der Waals surface area contributed by atoms with Crippen LogP contribution in [0, 0.1) is 0 Å². The van der Waals surface area contributed by atoms with E-state index in [2.05, 4.69) is 10.2 Å². The molecular weight excluding hydrogens is 380 g/mol. The summed E-state index contributed by atoms with van der Waals surface area (Å²) < 4.78 is 0. The summed E-state index contributed by atoms with van der Waals surface area (Å²) in [7, 11) is 0. The zero-order valence-corrected chi connectivity index (χ0v) is 18.0. The zero-order chi connectivity index (χ0) is 21.3. The van der Waals surface area contributed by atoms with E-state index in [4.69, 9.17) is 0 Å². The molecule has 3 amide bonds. The number of benzene rings is 1. The highest BCUT2D eigenvalue weighted by Gasteiger charge is 2.40. The van der Waals surface area contributed by atoms with Crippen molar-refractivity contribution in [3.63, 3.8) is 0 Å². The Morgan fingerprint density at radius 2 is 1.77 bits per heavy atom. The van der Waals surface area contributed by atoms with Crippen molar-refractivity contribution in [2.45, 2.75) is 64.5 Å². The summed E-state index contributed by atoms with van der Waals surface area (Å²) in [5, 5.41) is 2.88. The second kappa shape index (κ2) is 8.66. The highest BCUT2D eigenvalue weighted by atomic mass is 16.2. The molecule has 1 aromatic rings. The quantitative estimate of drug-likeness (QED) is 0.825. The first-order valence-corrected chi connectivity index (χ1v) is 11.3. The molecule has 2 fully saturated rings. The molecule has 162 valence electrons. The molecule has 3 heterocycles. The van der Waals surface area contributed by atoms with Gasteiger partial charge in [0.2, 0.25) is 11.8 Å². The maximum Gasteiger partial charge on any atom is 0.253 e. The number of nitrogens with one attached hydrogen (secondary N) is 1. The van der Waals surface area contributed by atoms with Crippen LogP contribution in [-0.2, 0) is 9.59 Å². The average Bonchev–Trinajstić information content (AvgIpc) is 2.76. The maximum absolute atomic E-state index is 13.3. The van der Waals surface area contributed by atoms with Crippen LogP contribution in [0.5, 0.6) is 0 Å². The van der Waals surface area contributed by atoms with Crippen LogP contribution < -0.4 is 15.1 Å². The van der Waals surface area contributed by atoms with Crippen LogP contribution in [0.15, 0.2) is 18.2 Å². The fourth-order valence-corrected chi connectivity index (χ4v) is 4.84. The minimum absolute atomic E-state index is 0.00931. The number of hydrogen-bond acceptors (Lipinski definition) is 4. The first-order chi connectivity index (χ1) is 14.5. The van der Waals surface area contributed by atoms with E-state index in [1.54, 1.807) is 4.90 Å². The van der Waals surface area contributed by atoms with Crippen molar-refractivity contribution in [2.24, 2.45) is 0 Å². The third kappa shape index (κ3) is 4.02. The lowest BCUT2D eigenvalue weighted by molar-refractivity contribution is -0.125. The monoisotopic (exact) mass is 412 g/mol. The van der Waals surface area contributed by atoms with E-state index in [0.29, 0.717) is 11.3 Å². The largest absolute Gasteiger partial charge is 0.358 e. The van der Waals surface area contributed by atoms with Crippen LogP contribution in [0.3, 0.4) is 0 Å². The molecule has 7 nitrogen and oxygen atoms in total. The number of likely N-dealkylation sites (tertiary alicyclic amines) is 1. The van der Waals surface area contributed by atoms with E-state index in [1.807, 2.05) is 36.9 Å². The Balaban J connectivity index is 1.68. The third-order valence-corrected chi connectivity index (χ3v) is 6.27. The van der Waals surface area contributed by atoms with E-state index in [-0.39, 0.29) is 36.3 Å². The van der Waals surface area contributed by atoms with Gasteiger partial charge in [-0.15, -0.1) is 0 Å². The summed E-state index contributed by atoms with van der Waals surface area (Å²) in [5.74, 6) is -0.206. The van der Waals surface area contributed by atoms with Crippen molar-refractivity contribution in [3.8, 4) is 0 Å². The standard InChI is InChI=1S/C23H32N4O3/c1-16(2)24-21(28)15-27-20-14-17(22(29)25-11-5-3-6-12-25)9-10-18(20)26-13-7-4-8-19(26)23(27)30/h9-10,14,16,19H,3-8,11-13,15H2,1-2H3,(H,24,28)/t19-/m0/s1. The second-order valence-electron chi connectivity index (χ2n) is 8.91. The summed E-state index contributed by atoms with van der Waals surface area (Å²) in [6.07, 6.45) is 6.09. The summed E-state index contributed by atoms with van der Waals surface area (Å²) in [6, 6.07) is 5.45. The van der Waals surface area contributed by atoms with Gasteiger partial charge in [-0.05, 0) is 70.6 Å². The molecule has 0 spiro atoms. The van der Waals surface area contributed by atoms with E-state index in [0.717, 1.165) is 63.8 Å². The lowest BCUT2D eigenvalue weighted by Gasteiger charge is -2.45. The van der Waals surface area contributed by atoms with Gasteiger partial charge in [0.1, 0.15) is 12.6 Å². The smallest absolute Gasteiger partial charge is 0.253 e. The van der Waals surface area contributed by atoms with Crippen LogP contribution in [0.2, 0.25) is 0 Å². The SMILES string of the molecule is CC(C)NC(=O)CN1C(=O)[C@@H]2CCCCN2c2ccc(C(=O)N3CCCCC3)cc21. The van der Waals surface area contributed by atoms with Gasteiger partial charge in [0.15, 0.2) is 0 Å². The van der Waals surface area contributed by atoms with Crippen molar-refractivity contribution in [3.05, 3.63) is 23.8 Å². The van der Waals surface area contributed by atoms with Crippen LogP contribution in [-0.4, -0.2) is 60.9 Å². The van der Waals surface area contributed by atoms with E-state index in [1.165, 1.54) is 0 Å². The first-order valence-electron chi connectivity index (χ1n) is 11.3. The van der Waals surface area contributed by atoms with Gasteiger partial charge in [-0.2, -0.15) is 0 Å². The Hall–Kier alpha value is -2.57. The van der Waals surface area contributed by atoms with Gasteiger partial charge in [-0.1, -0.05) is 0 Å². The summed E-state index contributed by atoms with van der Waals surface area (Å²) in [6.45, 7) is 6.18. The predicted molar refractivity (Wildman–Crippen MR) is 117 cm³/mol. The van der Waals surface area contributed by atoms with Gasteiger partial charge in [0, 0.05) is 31.2 Å². The zero-order valence-electron chi connectivity index (χ0n) is 18.0. The Labute approximate surface area is 178 Å². The number of fused-ring (bicyclic) bond motifs is 3. The molecule has 1 atom stereocenters. The van der Waals surface area contributed by atoms with Crippen molar-refractivity contribution >= 4 is 29.1 Å². The molecule has 3 aliphatic rings. The number of carbonyl (C=O) groups excluding carboxylic acids is 3. The minimum Gasteiger partial charge on any atom is -0.358 e. The summed E-state index contributed by atoms with van der Waals surface area (Å²) in [4.78, 5) is 44.5. The molecule has 0 radical (unpaired) electrons. The predicted octanol–water partition coefficient (Wildman–Crippen LogP) is 2.54. The van der Waals surface area contributed by atoms with Crippen LogP contribution >= 0.6 is 0 Å². The normalized spacial score (nSPS) is 21.4. The Morgan fingerprint density at radius 3 is 2.50 bits per heavy atom. The van der Waals surface area contributed by atoms with Crippen LogP contribution in [0.1, 0.15) is 62.7 Å². The number of piperidine rings is 2. The molecule has 4 rings (SSSR count). The van der Waals surface area contributed by atoms with Gasteiger partial charge in [0.05, 0.1) is 11.4 Å². The number of nitrogens with zero attached hydrogens (tertiary/aromatic N) is 3. The number of rotatable bonds is 4. The van der Waals surface area contributed by atoms with Gasteiger partial charge >= 0.3 is 0 Å². The van der Waals surface area contributed by atoms with Gasteiger partial charge in [-0.3, -0.25) is 19.3 Å². The molecule has 0 aromatic heterocycles. The molecular formula is C23H32N4O3. The third-order valence-electron chi connectivity index (χ3n) is 6.27. The minimum atomic E-state index is -0.221. The fourth-order valence-electron chi connectivity index (χ4n) is 4.84. The van der Waals surface area contributed by atoms with Crippen LogP contribution in [0.4, 0.5) is 11.4 Å². The number of anilines is 2. The molecule has 1 aromatic carbocycles. The van der Waals surface area contributed by atoms with Gasteiger partial charge < -0.3 is 15.1 Å². The van der Waals surface area contributed by atoms with E-state index < -0.39 is 0 Å². The molecule has 0 aliphatic carbocycles. The molecule has 3 aliphatic heterocycles. The van der Waals surface area contributed by atoms with Crippen molar-refractivity contribution in [2.75, 3.05) is 36.0 Å². The van der Waals surface area contributed by atoms with E-state index >= 15 is 0 Å². The lowest BCUT2D eigenvalue weighted by atomic mass is 9.95. The second-order valence-corrected chi connectivity index (χ2v) is 8.91. The number of amides is 3. The lowest BCUT2D eigenvalue weighted by Crippen LogP contribution is -2.57. The van der Waals surface area contributed by atoms with Gasteiger partial charge in [-0.25, -0.2) is 0 Å². The number of hydrogen-bond donors (Lipinski definition) is 1.